The summed E-state index contributed by atoms with van der Waals surface area (Å²) in [6.07, 6.45) is 8.18. The van der Waals surface area contributed by atoms with Gasteiger partial charge in [0, 0.05) is 18.3 Å². The first-order chi connectivity index (χ1) is 7.65. The molecule has 1 aliphatic carbocycles. The predicted octanol–water partition coefficient (Wildman–Crippen LogP) is 2.52. The van der Waals surface area contributed by atoms with Crippen molar-refractivity contribution in [1.29, 1.82) is 0 Å². The van der Waals surface area contributed by atoms with Crippen LogP contribution in [-0.2, 0) is 6.42 Å². The van der Waals surface area contributed by atoms with Gasteiger partial charge in [0.15, 0.2) is 0 Å². The molecule has 1 saturated carbocycles. The van der Waals surface area contributed by atoms with Crippen molar-refractivity contribution in [2.75, 3.05) is 0 Å². The number of aromatic nitrogens is 2. The van der Waals surface area contributed by atoms with Crippen LogP contribution in [0.15, 0.2) is 12.3 Å². The Morgan fingerprint density at radius 3 is 2.94 bits per heavy atom. The topological polar surface area (TPSA) is 43.8 Å². The third-order valence-electron chi connectivity index (χ3n) is 3.51. The van der Waals surface area contributed by atoms with Crippen LogP contribution in [0.25, 0.3) is 0 Å². The van der Waals surface area contributed by atoms with Crippen LogP contribution in [0.3, 0.4) is 0 Å². The molecule has 0 saturated heterocycles. The van der Waals surface area contributed by atoms with E-state index in [-0.39, 0.29) is 0 Å². The van der Waals surface area contributed by atoms with Crippen molar-refractivity contribution >= 4 is 0 Å². The molecule has 90 valence electrons. The van der Waals surface area contributed by atoms with E-state index in [1.807, 2.05) is 4.68 Å². The van der Waals surface area contributed by atoms with Crippen LogP contribution in [-0.4, -0.2) is 15.8 Å². The van der Waals surface area contributed by atoms with Crippen LogP contribution in [0.5, 0.6) is 0 Å². The van der Waals surface area contributed by atoms with E-state index in [0.29, 0.717) is 12.1 Å². The van der Waals surface area contributed by atoms with Crippen molar-refractivity contribution in [3.05, 3.63) is 18.0 Å². The fourth-order valence-corrected chi connectivity index (χ4v) is 2.59. The summed E-state index contributed by atoms with van der Waals surface area (Å²) < 4.78 is 2.04. The Bertz CT molecular complexity index is 330. The maximum absolute atomic E-state index is 6.01. The molecular weight excluding hydrogens is 198 g/mol. The van der Waals surface area contributed by atoms with Gasteiger partial charge in [-0.1, -0.05) is 6.42 Å². The first-order valence-corrected chi connectivity index (χ1v) is 6.44. The molecule has 1 fully saturated rings. The minimum atomic E-state index is 0.422. The monoisotopic (exact) mass is 221 g/mol. The van der Waals surface area contributed by atoms with Crippen LogP contribution in [0, 0.1) is 5.92 Å². The third kappa shape index (κ3) is 2.85. The lowest BCUT2D eigenvalue weighted by Gasteiger charge is -2.25. The van der Waals surface area contributed by atoms with E-state index in [9.17, 15) is 0 Å². The molecule has 2 atom stereocenters. The normalized spacial score (nSPS) is 26.2. The van der Waals surface area contributed by atoms with Gasteiger partial charge in [-0.3, -0.25) is 4.68 Å². The fourth-order valence-electron chi connectivity index (χ4n) is 2.59. The van der Waals surface area contributed by atoms with Crippen LogP contribution < -0.4 is 5.73 Å². The van der Waals surface area contributed by atoms with Crippen LogP contribution in [0.2, 0.25) is 0 Å². The van der Waals surface area contributed by atoms with Gasteiger partial charge >= 0.3 is 0 Å². The predicted molar refractivity (Wildman–Crippen MR) is 66.2 cm³/mol. The Hall–Kier alpha value is -0.830. The van der Waals surface area contributed by atoms with E-state index >= 15 is 0 Å². The molecule has 2 N–H and O–H groups in total. The van der Waals surface area contributed by atoms with Crippen molar-refractivity contribution in [1.82, 2.24) is 9.78 Å². The first kappa shape index (κ1) is 11.6. The molecule has 2 rings (SSSR count). The summed E-state index contributed by atoms with van der Waals surface area (Å²) in [5.74, 6) is 0.749. The summed E-state index contributed by atoms with van der Waals surface area (Å²) in [5, 5.41) is 4.60. The van der Waals surface area contributed by atoms with Gasteiger partial charge in [-0.25, -0.2) is 0 Å². The van der Waals surface area contributed by atoms with E-state index < -0.39 is 0 Å². The molecule has 0 bridgehead atoms. The smallest absolute Gasteiger partial charge is 0.0627 e. The molecule has 3 heteroatoms. The van der Waals surface area contributed by atoms with E-state index in [1.165, 1.54) is 31.4 Å². The molecule has 16 heavy (non-hydrogen) atoms. The Balaban J connectivity index is 1.92. The minimum absolute atomic E-state index is 0.422. The number of nitrogens with zero attached hydrogens (tertiary/aromatic N) is 2. The van der Waals surface area contributed by atoms with Gasteiger partial charge in [0.25, 0.3) is 0 Å². The van der Waals surface area contributed by atoms with Crippen LogP contribution in [0.1, 0.15) is 51.3 Å². The highest BCUT2D eigenvalue weighted by molar-refractivity contribution is 5.01. The van der Waals surface area contributed by atoms with E-state index in [2.05, 4.69) is 31.2 Å². The second kappa shape index (κ2) is 5.00. The van der Waals surface area contributed by atoms with E-state index in [4.69, 9.17) is 5.73 Å². The highest BCUT2D eigenvalue weighted by atomic mass is 15.3. The summed E-state index contributed by atoms with van der Waals surface area (Å²) in [5.41, 5.74) is 7.24. The zero-order chi connectivity index (χ0) is 11.5. The molecule has 1 aliphatic rings. The standard InChI is InChI=1S/C13H23N3/c1-10(2)16-7-6-13(15-16)9-11-4-3-5-12(14)8-11/h6-7,10-12H,3-5,8-9,14H2,1-2H3. The molecule has 1 heterocycles. The third-order valence-corrected chi connectivity index (χ3v) is 3.51. The van der Waals surface area contributed by atoms with Crippen molar-refractivity contribution in [3.8, 4) is 0 Å². The molecule has 3 nitrogen and oxygen atoms in total. The lowest BCUT2D eigenvalue weighted by atomic mass is 9.83. The fraction of sp³-hybridized carbons (Fsp3) is 0.769. The lowest BCUT2D eigenvalue weighted by molar-refractivity contribution is 0.318. The molecule has 0 aliphatic heterocycles. The quantitative estimate of drug-likeness (QED) is 0.852. The molecular formula is C13H23N3. The van der Waals surface area contributed by atoms with Crippen LogP contribution in [0.4, 0.5) is 0 Å². The van der Waals surface area contributed by atoms with Crippen LogP contribution >= 0.6 is 0 Å². The van der Waals surface area contributed by atoms with Crippen molar-refractivity contribution in [2.24, 2.45) is 11.7 Å². The molecule has 0 aromatic carbocycles. The first-order valence-electron chi connectivity index (χ1n) is 6.44. The minimum Gasteiger partial charge on any atom is -0.328 e. The zero-order valence-corrected chi connectivity index (χ0v) is 10.4. The molecule has 0 spiro atoms. The summed E-state index contributed by atoms with van der Waals surface area (Å²) in [4.78, 5) is 0. The zero-order valence-electron chi connectivity index (χ0n) is 10.4. The van der Waals surface area contributed by atoms with Gasteiger partial charge < -0.3 is 5.73 Å². The molecule has 0 amide bonds. The van der Waals surface area contributed by atoms with E-state index in [1.54, 1.807) is 0 Å². The largest absolute Gasteiger partial charge is 0.328 e. The summed E-state index contributed by atoms with van der Waals surface area (Å²) >= 11 is 0. The van der Waals surface area contributed by atoms with Gasteiger partial charge in [-0.2, -0.15) is 5.10 Å². The number of rotatable bonds is 3. The van der Waals surface area contributed by atoms with Crippen molar-refractivity contribution in [3.63, 3.8) is 0 Å². The average molecular weight is 221 g/mol. The van der Waals surface area contributed by atoms with Gasteiger partial charge in [-0.05, 0) is 51.5 Å². The Morgan fingerprint density at radius 1 is 1.50 bits per heavy atom. The van der Waals surface area contributed by atoms with Crippen molar-refractivity contribution in [2.45, 2.75) is 58.0 Å². The second-order valence-electron chi connectivity index (χ2n) is 5.38. The van der Waals surface area contributed by atoms with E-state index in [0.717, 1.165) is 12.3 Å². The molecule has 2 unspecified atom stereocenters. The Labute approximate surface area is 98.0 Å². The second-order valence-corrected chi connectivity index (χ2v) is 5.38. The van der Waals surface area contributed by atoms with Gasteiger partial charge in [-0.15, -0.1) is 0 Å². The molecule has 1 aromatic heterocycles. The van der Waals surface area contributed by atoms with Crippen molar-refractivity contribution < 1.29 is 0 Å². The summed E-state index contributed by atoms with van der Waals surface area (Å²) in [6, 6.07) is 3.04. The molecule has 1 aromatic rings. The van der Waals surface area contributed by atoms with Gasteiger partial charge in [0.1, 0.15) is 0 Å². The van der Waals surface area contributed by atoms with Gasteiger partial charge in [0.2, 0.25) is 0 Å². The maximum atomic E-state index is 6.01. The maximum Gasteiger partial charge on any atom is 0.0627 e. The Kier molecular flexibility index (Phi) is 3.64. The summed E-state index contributed by atoms with van der Waals surface area (Å²) in [7, 11) is 0. The highest BCUT2D eigenvalue weighted by Gasteiger charge is 2.20. The number of hydrogen-bond acceptors (Lipinski definition) is 2. The lowest BCUT2D eigenvalue weighted by Crippen LogP contribution is -2.28. The average Bonchev–Trinajstić information content (AvgIpc) is 2.66. The van der Waals surface area contributed by atoms with Gasteiger partial charge in [0.05, 0.1) is 5.69 Å². The molecule has 0 radical (unpaired) electrons. The SMILES string of the molecule is CC(C)n1ccc(CC2CCCC(N)C2)n1. The Morgan fingerprint density at radius 2 is 2.31 bits per heavy atom. The number of hydrogen-bond donors (Lipinski definition) is 1. The summed E-state index contributed by atoms with van der Waals surface area (Å²) in [6.45, 7) is 4.32. The number of nitrogens with two attached hydrogens (primary N) is 1. The highest BCUT2D eigenvalue weighted by Crippen LogP contribution is 2.26.